The summed E-state index contributed by atoms with van der Waals surface area (Å²) >= 11 is 0. The van der Waals surface area contributed by atoms with Gasteiger partial charge in [-0.05, 0) is 49.1 Å². The van der Waals surface area contributed by atoms with Crippen LogP contribution in [0.15, 0.2) is 61.1 Å². The summed E-state index contributed by atoms with van der Waals surface area (Å²) in [6, 6.07) is 14.4. The molecular weight excluding hydrogens is 336 g/mol. The van der Waals surface area contributed by atoms with Crippen LogP contribution in [0.4, 0.5) is 0 Å². The third-order valence-corrected chi connectivity index (χ3v) is 4.95. The zero-order valence-corrected chi connectivity index (χ0v) is 15.3. The highest BCUT2D eigenvalue weighted by molar-refractivity contribution is 5.83. The van der Waals surface area contributed by atoms with Crippen LogP contribution in [-0.2, 0) is 17.8 Å². The number of amides is 1. The van der Waals surface area contributed by atoms with Crippen LogP contribution in [0, 0.1) is 0 Å². The Kier molecular flexibility index (Phi) is 5.19. The standard InChI is InChI=1S/C22H24N4O/c27-21(10-3-6-18-16-25-20-9-2-1-8-19(18)20)23-13-5-14-26-15-11-17-7-4-12-24-22(17)26/h1-2,4,7-9,11-12,15-16,25H,3,5-6,10,13-14H2,(H,23,27). The molecule has 3 aromatic heterocycles. The van der Waals surface area contributed by atoms with Crippen LogP contribution in [0.25, 0.3) is 21.9 Å². The van der Waals surface area contributed by atoms with Gasteiger partial charge in [0.1, 0.15) is 5.65 Å². The van der Waals surface area contributed by atoms with Gasteiger partial charge in [0.25, 0.3) is 0 Å². The number of pyridine rings is 1. The highest BCUT2D eigenvalue weighted by atomic mass is 16.1. The lowest BCUT2D eigenvalue weighted by molar-refractivity contribution is -0.121. The van der Waals surface area contributed by atoms with E-state index in [-0.39, 0.29) is 5.91 Å². The van der Waals surface area contributed by atoms with E-state index in [0.29, 0.717) is 13.0 Å². The van der Waals surface area contributed by atoms with E-state index in [0.717, 1.165) is 42.4 Å². The second-order valence-corrected chi connectivity index (χ2v) is 6.84. The van der Waals surface area contributed by atoms with E-state index in [9.17, 15) is 4.79 Å². The molecule has 0 atom stereocenters. The second kappa shape index (κ2) is 8.08. The predicted molar refractivity (Wildman–Crippen MR) is 109 cm³/mol. The lowest BCUT2D eigenvalue weighted by Crippen LogP contribution is -2.25. The van der Waals surface area contributed by atoms with Gasteiger partial charge < -0.3 is 14.9 Å². The molecule has 27 heavy (non-hydrogen) atoms. The molecule has 138 valence electrons. The number of nitrogens with one attached hydrogen (secondary N) is 2. The number of benzene rings is 1. The third-order valence-electron chi connectivity index (χ3n) is 4.95. The molecule has 0 aliphatic rings. The predicted octanol–water partition coefficient (Wildman–Crippen LogP) is 4.05. The molecule has 5 heteroatoms. The van der Waals surface area contributed by atoms with Crippen molar-refractivity contribution in [3.05, 3.63) is 66.6 Å². The maximum atomic E-state index is 12.1. The zero-order valence-electron chi connectivity index (χ0n) is 15.3. The average molecular weight is 360 g/mol. The summed E-state index contributed by atoms with van der Waals surface area (Å²) in [5, 5.41) is 5.44. The number of aromatic amines is 1. The van der Waals surface area contributed by atoms with Crippen LogP contribution in [0.2, 0.25) is 0 Å². The number of nitrogens with zero attached hydrogens (tertiary/aromatic N) is 2. The number of aryl methyl sites for hydroxylation is 2. The summed E-state index contributed by atoms with van der Waals surface area (Å²) in [5.74, 6) is 0.130. The van der Waals surface area contributed by atoms with Crippen molar-refractivity contribution < 1.29 is 4.79 Å². The van der Waals surface area contributed by atoms with Crippen LogP contribution in [0.1, 0.15) is 24.8 Å². The van der Waals surface area contributed by atoms with E-state index in [1.165, 1.54) is 10.9 Å². The fourth-order valence-electron chi connectivity index (χ4n) is 3.54. The van der Waals surface area contributed by atoms with Gasteiger partial charge in [0.05, 0.1) is 0 Å². The van der Waals surface area contributed by atoms with Gasteiger partial charge in [-0.2, -0.15) is 0 Å². The Balaban J connectivity index is 1.18. The molecule has 4 aromatic rings. The second-order valence-electron chi connectivity index (χ2n) is 6.84. The largest absolute Gasteiger partial charge is 0.361 e. The van der Waals surface area contributed by atoms with Crippen molar-refractivity contribution in [3.8, 4) is 0 Å². The van der Waals surface area contributed by atoms with E-state index in [2.05, 4.69) is 62.6 Å². The van der Waals surface area contributed by atoms with E-state index in [1.807, 2.05) is 18.3 Å². The number of carbonyl (C=O) groups is 1. The Hall–Kier alpha value is -3.08. The molecule has 0 radical (unpaired) electrons. The molecule has 5 nitrogen and oxygen atoms in total. The van der Waals surface area contributed by atoms with Crippen LogP contribution in [0.3, 0.4) is 0 Å². The van der Waals surface area contributed by atoms with Crippen molar-refractivity contribution in [1.82, 2.24) is 19.9 Å². The van der Waals surface area contributed by atoms with E-state index in [1.54, 1.807) is 0 Å². The van der Waals surface area contributed by atoms with Gasteiger partial charge in [-0.3, -0.25) is 4.79 Å². The first-order valence-electron chi connectivity index (χ1n) is 9.53. The minimum Gasteiger partial charge on any atom is -0.361 e. The van der Waals surface area contributed by atoms with Gasteiger partial charge in [-0.1, -0.05) is 18.2 Å². The van der Waals surface area contributed by atoms with Crippen LogP contribution in [0.5, 0.6) is 0 Å². The van der Waals surface area contributed by atoms with Crippen molar-refractivity contribution in [1.29, 1.82) is 0 Å². The molecule has 1 amide bonds. The summed E-state index contributed by atoms with van der Waals surface area (Å²) in [4.78, 5) is 19.8. The third kappa shape index (κ3) is 4.03. The van der Waals surface area contributed by atoms with Crippen molar-refractivity contribution in [2.75, 3.05) is 6.54 Å². The Labute approximate surface area is 158 Å². The Morgan fingerprint density at radius 1 is 1.11 bits per heavy atom. The minimum atomic E-state index is 0.130. The molecule has 0 saturated heterocycles. The summed E-state index contributed by atoms with van der Waals surface area (Å²) in [7, 11) is 0. The summed E-state index contributed by atoms with van der Waals surface area (Å²) in [5.41, 5.74) is 3.44. The quantitative estimate of drug-likeness (QED) is 0.466. The molecule has 0 spiro atoms. The van der Waals surface area contributed by atoms with Gasteiger partial charge in [0, 0.05) is 54.4 Å². The first-order chi connectivity index (χ1) is 13.3. The maximum absolute atomic E-state index is 12.1. The molecule has 0 aliphatic heterocycles. The highest BCUT2D eigenvalue weighted by Gasteiger charge is 2.06. The number of fused-ring (bicyclic) bond motifs is 2. The van der Waals surface area contributed by atoms with Crippen molar-refractivity contribution in [3.63, 3.8) is 0 Å². The van der Waals surface area contributed by atoms with Crippen molar-refractivity contribution in [2.24, 2.45) is 0 Å². The Morgan fingerprint density at radius 3 is 3.00 bits per heavy atom. The molecule has 0 fully saturated rings. The lowest BCUT2D eigenvalue weighted by Gasteiger charge is -2.07. The number of carbonyl (C=O) groups excluding carboxylic acids is 1. The molecule has 0 bridgehead atoms. The lowest BCUT2D eigenvalue weighted by atomic mass is 10.1. The Bertz CT molecular complexity index is 1050. The zero-order chi connectivity index (χ0) is 18.5. The first kappa shape index (κ1) is 17.3. The monoisotopic (exact) mass is 360 g/mol. The van der Waals surface area contributed by atoms with Gasteiger partial charge in [0.15, 0.2) is 0 Å². The molecule has 4 rings (SSSR count). The summed E-state index contributed by atoms with van der Waals surface area (Å²) in [6.45, 7) is 1.55. The van der Waals surface area contributed by atoms with Crippen LogP contribution in [-0.4, -0.2) is 27.0 Å². The number of rotatable bonds is 8. The number of H-pyrrole nitrogens is 1. The highest BCUT2D eigenvalue weighted by Crippen LogP contribution is 2.19. The van der Waals surface area contributed by atoms with Crippen molar-refractivity contribution >= 4 is 27.8 Å². The maximum Gasteiger partial charge on any atom is 0.220 e. The Morgan fingerprint density at radius 2 is 2.04 bits per heavy atom. The number of para-hydroxylation sites is 1. The molecule has 2 N–H and O–H groups in total. The van der Waals surface area contributed by atoms with Gasteiger partial charge in [-0.25, -0.2) is 4.98 Å². The topological polar surface area (TPSA) is 62.7 Å². The van der Waals surface area contributed by atoms with E-state index >= 15 is 0 Å². The van der Waals surface area contributed by atoms with Crippen molar-refractivity contribution in [2.45, 2.75) is 32.2 Å². The fourth-order valence-corrected chi connectivity index (χ4v) is 3.54. The smallest absolute Gasteiger partial charge is 0.220 e. The summed E-state index contributed by atoms with van der Waals surface area (Å²) < 4.78 is 2.14. The normalized spacial score (nSPS) is 11.3. The SMILES string of the molecule is O=C(CCCc1c[nH]c2ccccc12)NCCCn1ccc2cccnc21. The van der Waals surface area contributed by atoms with Gasteiger partial charge >= 0.3 is 0 Å². The average Bonchev–Trinajstić information content (AvgIpc) is 3.30. The summed E-state index contributed by atoms with van der Waals surface area (Å²) in [6.07, 6.45) is 9.16. The van der Waals surface area contributed by atoms with E-state index in [4.69, 9.17) is 0 Å². The molecule has 0 aliphatic carbocycles. The van der Waals surface area contributed by atoms with Gasteiger partial charge in [-0.15, -0.1) is 0 Å². The minimum absolute atomic E-state index is 0.130. The van der Waals surface area contributed by atoms with Crippen LogP contribution >= 0.6 is 0 Å². The molecule has 3 heterocycles. The van der Waals surface area contributed by atoms with Crippen LogP contribution < -0.4 is 5.32 Å². The molecule has 0 unspecified atom stereocenters. The van der Waals surface area contributed by atoms with Gasteiger partial charge in [0.2, 0.25) is 5.91 Å². The fraction of sp³-hybridized carbons (Fsp3) is 0.273. The molecule has 1 aromatic carbocycles. The van der Waals surface area contributed by atoms with E-state index < -0.39 is 0 Å². The number of aromatic nitrogens is 3. The molecular formula is C22H24N4O. The first-order valence-corrected chi connectivity index (χ1v) is 9.53. The number of hydrogen-bond donors (Lipinski definition) is 2. The number of hydrogen-bond acceptors (Lipinski definition) is 2. The molecule has 0 saturated carbocycles.